The van der Waals surface area contributed by atoms with E-state index in [1.807, 2.05) is 27.7 Å². The highest BCUT2D eigenvalue weighted by Gasteiger charge is 2.66. The second kappa shape index (κ2) is 13.1. The van der Waals surface area contributed by atoms with Gasteiger partial charge >= 0.3 is 29.8 Å². The Kier molecular flexibility index (Phi) is 9.67. The number of carbonyl (C=O) groups is 5. The van der Waals surface area contributed by atoms with Crippen LogP contribution in [0.5, 0.6) is 0 Å². The van der Waals surface area contributed by atoms with Crippen molar-refractivity contribution in [2.75, 3.05) is 0 Å². The first-order valence-electron chi connectivity index (χ1n) is 20.9. The Hall–Kier alpha value is -2.73. The zero-order valence-electron chi connectivity index (χ0n) is 34.3. The molecule has 9 fully saturated rings. The van der Waals surface area contributed by atoms with Crippen molar-refractivity contribution in [2.45, 2.75) is 197 Å². The summed E-state index contributed by atoms with van der Waals surface area (Å²) in [5.74, 6) is -4.16. The molecular weight excluding hydrogens is 708 g/mol. The fourth-order valence-corrected chi connectivity index (χ4v) is 12.9. The Morgan fingerprint density at radius 3 is 1.84 bits per heavy atom. The van der Waals surface area contributed by atoms with Gasteiger partial charge in [-0.05, 0) is 130 Å². The molecule has 0 aromatic heterocycles. The number of hydrogen-bond donors (Lipinski definition) is 2. The minimum Gasteiger partial charge on any atom is -0.460 e. The minimum absolute atomic E-state index is 0.0118. The van der Waals surface area contributed by atoms with Gasteiger partial charge in [0, 0.05) is 25.7 Å². The molecule has 8 unspecified atom stereocenters. The monoisotopic (exact) mass is 772 g/mol. The lowest BCUT2D eigenvalue weighted by Gasteiger charge is -2.62. The molecule has 9 rings (SSSR count). The van der Waals surface area contributed by atoms with E-state index in [-0.39, 0.29) is 62.2 Å². The van der Waals surface area contributed by atoms with E-state index >= 15 is 0 Å². The van der Waals surface area contributed by atoms with Gasteiger partial charge in [-0.3, -0.25) is 24.0 Å². The molecule has 12 nitrogen and oxygen atoms in total. The summed E-state index contributed by atoms with van der Waals surface area (Å²) in [6, 6.07) is 0. The molecule has 9 aliphatic rings. The summed E-state index contributed by atoms with van der Waals surface area (Å²) in [6.07, 6.45) is 7.04. The van der Waals surface area contributed by atoms with Gasteiger partial charge in [-0.2, -0.15) is 0 Å². The lowest BCUT2D eigenvalue weighted by molar-refractivity contribution is -0.263. The van der Waals surface area contributed by atoms with Crippen LogP contribution in [0.25, 0.3) is 0 Å². The van der Waals surface area contributed by atoms with E-state index in [0.717, 1.165) is 19.3 Å². The quantitative estimate of drug-likeness (QED) is 0.174. The van der Waals surface area contributed by atoms with Crippen molar-refractivity contribution in [1.82, 2.24) is 0 Å². The largest absolute Gasteiger partial charge is 0.460 e. The topological polar surface area (TPSA) is 172 Å². The minimum atomic E-state index is -1.21. The van der Waals surface area contributed by atoms with E-state index < -0.39 is 86.3 Å². The lowest BCUT2D eigenvalue weighted by Crippen LogP contribution is -2.67. The normalized spacial score (nSPS) is 42.3. The molecule has 1 aliphatic heterocycles. The maximum atomic E-state index is 14.5. The highest BCUT2D eigenvalue weighted by molar-refractivity contribution is 5.81. The third-order valence-electron chi connectivity index (χ3n) is 14.7. The molecule has 0 radical (unpaired) electrons. The van der Waals surface area contributed by atoms with E-state index in [0.29, 0.717) is 44.9 Å². The Morgan fingerprint density at radius 1 is 0.745 bits per heavy atom. The van der Waals surface area contributed by atoms with Crippen LogP contribution in [0.4, 0.5) is 0 Å². The summed E-state index contributed by atoms with van der Waals surface area (Å²) >= 11 is 0. The van der Waals surface area contributed by atoms with Gasteiger partial charge in [0.1, 0.15) is 22.4 Å². The van der Waals surface area contributed by atoms with E-state index in [1.165, 1.54) is 0 Å². The van der Waals surface area contributed by atoms with Crippen molar-refractivity contribution in [2.24, 2.45) is 40.9 Å². The molecule has 0 aromatic carbocycles. The van der Waals surface area contributed by atoms with Crippen LogP contribution in [0.3, 0.4) is 0 Å². The average Bonchev–Trinajstić information content (AvgIpc) is 3.19. The van der Waals surface area contributed by atoms with Crippen LogP contribution in [0, 0.1) is 40.9 Å². The first-order valence-corrected chi connectivity index (χ1v) is 20.9. The fraction of sp³-hybridized carbons (Fsp3) is 0.884. The summed E-state index contributed by atoms with van der Waals surface area (Å²) < 4.78 is 30.2. The molecule has 8 atom stereocenters. The van der Waals surface area contributed by atoms with Crippen LogP contribution < -0.4 is 0 Å². The Balaban J connectivity index is 1.10. The van der Waals surface area contributed by atoms with Gasteiger partial charge in [-0.15, -0.1) is 0 Å². The molecule has 1 saturated heterocycles. The van der Waals surface area contributed by atoms with Crippen LogP contribution in [-0.2, 0) is 47.7 Å². The van der Waals surface area contributed by atoms with Crippen LogP contribution >= 0.6 is 0 Å². The van der Waals surface area contributed by atoms with Gasteiger partial charge in [0.15, 0.2) is 5.60 Å². The lowest BCUT2D eigenvalue weighted by atomic mass is 9.48. The number of ether oxygens (including phenoxy) is 5. The second-order valence-electron chi connectivity index (χ2n) is 21.4. The summed E-state index contributed by atoms with van der Waals surface area (Å²) in [6.45, 7) is 14.2. The number of rotatable bonds is 12. The fourth-order valence-electron chi connectivity index (χ4n) is 12.9. The Morgan fingerprint density at radius 2 is 1.31 bits per heavy atom. The Labute approximate surface area is 325 Å². The molecular formula is C43H64O12. The highest BCUT2D eigenvalue weighted by Crippen LogP contribution is 2.64. The number of cyclic esters (lactones) is 1. The van der Waals surface area contributed by atoms with Gasteiger partial charge in [0.25, 0.3) is 0 Å². The average molecular weight is 773 g/mol. The first kappa shape index (κ1) is 40.5. The third-order valence-corrected chi connectivity index (χ3v) is 14.7. The van der Waals surface area contributed by atoms with Crippen molar-refractivity contribution >= 4 is 29.8 Å². The molecule has 2 N–H and O–H groups in total. The SMILES string of the molecule is CCC(CC(CC(C)C(=O)OC1(C)CC(=O)OC1(C)C)C(=O)OC12CC3CC(O)(CC(O)(C3)C1)C2)C(=O)OC12CC3CC(C1)CC(C(=O)OC(C)(C)C)(C3)C2. The number of aliphatic hydroxyl groups is 2. The van der Waals surface area contributed by atoms with Gasteiger partial charge in [-0.1, -0.05) is 13.8 Å². The van der Waals surface area contributed by atoms with Crippen LogP contribution in [-0.4, -0.2) is 79.3 Å². The van der Waals surface area contributed by atoms with Crippen LogP contribution in [0.1, 0.15) is 158 Å². The van der Waals surface area contributed by atoms with Crippen molar-refractivity contribution < 1.29 is 57.9 Å². The molecule has 12 heteroatoms. The smallest absolute Gasteiger partial charge is 0.312 e. The predicted octanol–water partition coefficient (Wildman–Crippen LogP) is 6.04. The number of esters is 5. The zero-order valence-corrected chi connectivity index (χ0v) is 34.3. The molecule has 0 aromatic rings. The van der Waals surface area contributed by atoms with E-state index in [4.69, 9.17) is 23.7 Å². The first-order chi connectivity index (χ1) is 25.3. The number of carbonyl (C=O) groups excluding carboxylic acids is 5. The zero-order chi connectivity index (χ0) is 40.2. The van der Waals surface area contributed by atoms with E-state index in [1.54, 1.807) is 27.7 Å². The van der Waals surface area contributed by atoms with Crippen molar-refractivity contribution in [1.29, 1.82) is 0 Å². The summed E-state index contributed by atoms with van der Waals surface area (Å²) in [5.41, 5.74) is -7.64. The summed E-state index contributed by atoms with van der Waals surface area (Å²) in [4.78, 5) is 68.4. The summed E-state index contributed by atoms with van der Waals surface area (Å²) in [5, 5.41) is 22.8. The van der Waals surface area contributed by atoms with Gasteiger partial charge < -0.3 is 33.9 Å². The standard InChI is InChI=1S/C43H64O12/c1-9-29(33(46)53-42-17-26-11-27(18-42)14-39(13-26,21-42)35(48)55-36(3,4)5)12-30(10-25(2)32(45)52-38(8)20-31(44)51-37(38,6)7)34(47)54-43-19-28-15-40(49,23-43)22-41(50,16-28)24-43/h25-30,49-50H,9-24H2,1-8H3. The molecule has 308 valence electrons. The van der Waals surface area contributed by atoms with Gasteiger partial charge in [0.05, 0.1) is 40.8 Å². The van der Waals surface area contributed by atoms with Crippen LogP contribution in [0.15, 0.2) is 0 Å². The van der Waals surface area contributed by atoms with Crippen molar-refractivity contribution in [3.63, 3.8) is 0 Å². The highest BCUT2D eigenvalue weighted by atomic mass is 16.6. The molecule has 0 spiro atoms. The molecule has 8 aliphatic carbocycles. The van der Waals surface area contributed by atoms with Gasteiger partial charge in [-0.25, -0.2) is 0 Å². The van der Waals surface area contributed by atoms with E-state index in [9.17, 15) is 34.2 Å². The van der Waals surface area contributed by atoms with Crippen molar-refractivity contribution in [3.8, 4) is 0 Å². The molecule has 55 heavy (non-hydrogen) atoms. The molecule has 1 heterocycles. The molecule has 0 amide bonds. The maximum absolute atomic E-state index is 14.5. The number of hydrogen-bond acceptors (Lipinski definition) is 12. The van der Waals surface area contributed by atoms with E-state index in [2.05, 4.69) is 0 Å². The predicted molar refractivity (Wildman–Crippen MR) is 197 cm³/mol. The Bertz CT molecular complexity index is 1580. The maximum Gasteiger partial charge on any atom is 0.312 e. The van der Waals surface area contributed by atoms with Gasteiger partial charge in [0.2, 0.25) is 0 Å². The second-order valence-corrected chi connectivity index (χ2v) is 21.4. The van der Waals surface area contributed by atoms with Crippen LogP contribution in [0.2, 0.25) is 0 Å². The van der Waals surface area contributed by atoms with Crippen molar-refractivity contribution in [3.05, 3.63) is 0 Å². The molecule has 8 bridgehead atoms. The third kappa shape index (κ3) is 7.68. The molecule has 8 saturated carbocycles. The summed E-state index contributed by atoms with van der Waals surface area (Å²) in [7, 11) is 0.